The molecular formula is C14H23BrN4O. The van der Waals surface area contributed by atoms with Crippen molar-refractivity contribution in [3.63, 3.8) is 0 Å². The van der Waals surface area contributed by atoms with Gasteiger partial charge in [0.2, 0.25) is 5.91 Å². The van der Waals surface area contributed by atoms with Crippen LogP contribution in [0.4, 0.5) is 0 Å². The van der Waals surface area contributed by atoms with Gasteiger partial charge in [0.05, 0.1) is 15.9 Å². The van der Waals surface area contributed by atoms with Crippen LogP contribution in [0, 0.1) is 6.92 Å². The Morgan fingerprint density at radius 2 is 2.25 bits per heavy atom. The van der Waals surface area contributed by atoms with Gasteiger partial charge in [-0.25, -0.2) is 0 Å². The molecule has 0 unspecified atom stereocenters. The molecule has 1 aliphatic carbocycles. The Balaban J connectivity index is 1.66. The lowest BCUT2D eigenvalue weighted by molar-refractivity contribution is -0.121. The molecule has 1 aromatic rings. The lowest BCUT2D eigenvalue weighted by Crippen LogP contribution is -2.26. The second-order valence-corrected chi connectivity index (χ2v) is 6.08. The molecule has 1 aromatic heterocycles. The van der Waals surface area contributed by atoms with Crippen molar-refractivity contribution < 1.29 is 4.79 Å². The van der Waals surface area contributed by atoms with Crippen molar-refractivity contribution in [2.45, 2.75) is 58.7 Å². The molecule has 0 atom stereocenters. The van der Waals surface area contributed by atoms with Gasteiger partial charge in [0.25, 0.3) is 0 Å². The number of aromatic nitrogens is 2. The van der Waals surface area contributed by atoms with Crippen LogP contribution in [-0.4, -0.2) is 28.3 Å². The quantitative estimate of drug-likeness (QED) is 0.711. The number of nitrogens with zero attached hydrogens (tertiary/aromatic N) is 2. The Kier molecular flexibility index (Phi) is 5.60. The molecule has 6 heteroatoms. The molecule has 2 N–H and O–H groups in total. The van der Waals surface area contributed by atoms with E-state index in [4.69, 9.17) is 0 Å². The van der Waals surface area contributed by atoms with Gasteiger partial charge in [-0.2, -0.15) is 5.10 Å². The standard InChI is InChI=1S/C14H23BrN4O/c1-3-19-12(14(15)10(2)18-19)9-16-8-4-5-13(20)17-11-6-7-11/h11,16H,3-9H2,1-2H3,(H,17,20). The fourth-order valence-electron chi connectivity index (χ4n) is 2.15. The fraction of sp³-hybridized carbons (Fsp3) is 0.714. The van der Waals surface area contributed by atoms with Crippen LogP contribution in [0.25, 0.3) is 0 Å². The van der Waals surface area contributed by atoms with Crippen molar-refractivity contribution in [3.05, 3.63) is 15.9 Å². The Hall–Kier alpha value is -0.880. The molecule has 1 aliphatic rings. The van der Waals surface area contributed by atoms with Crippen molar-refractivity contribution in [2.24, 2.45) is 0 Å². The van der Waals surface area contributed by atoms with Crippen molar-refractivity contribution in [1.82, 2.24) is 20.4 Å². The van der Waals surface area contributed by atoms with Gasteiger partial charge in [-0.3, -0.25) is 9.48 Å². The van der Waals surface area contributed by atoms with Crippen molar-refractivity contribution >= 4 is 21.8 Å². The Morgan fingerprint density at radius 3 is 2.90 bits per heavy atom. The summed E-state index contributed by atoms with van der Waals surface area (Å²) in [5.74, 6) is 0.185. The van der Waals surface area contributed by atoms with Crippen molar-refractivity contribution in [3.8, 4) is 0 Å². The normalized spacial score (nSPS) is 14.6. The van der Waals surface area contributed by atoms with Gasteiger partial charge >= 0.3 is 0 Å². The first kappa shape index (κ1) is 15.5. The molecule has 1 fully saturated rings. The highest BCUT2D eigenvalue weighted by molar-refractivity contribution is 9.10. The van der Waals surface area contributed by atoms with Crippen LogP contribution in [-0.2, 0) is 17.9 Å². The number of nitrogens with one attached hydrogen (secondary N) is 2. The largest absolute Gasteiger partial charge is 0.353 e. The number of hydrogen-bond acceptors (Lipinski definition) is 3. The van der Waals surface area contributed by atoms with E-state index in [0.29, 0.717) is 12.5 Å². The van der Waals surface area contributed by atoms with Crippen LogP contribution in [0.3, 0.4) is 0 Å². The molecular weight excluding hydrogens is 320 g/mol. The summed E-state index contributed by atoms with van der Waals surface area (Å²) in [4.78, 5) is 11.5. The lowest BCUT2D eigenvalue weighted by Gasteiger charge is -2.08. The van der Waals surface area contributed by atoms with Crippen LogP contribution in [0.5, 0.6) is 0 Å². The van der Waals surface area contributed by atoms with Crippen molar-refractivity contribution in [1.29, 1.82) is 0 Å². The summed E-state index contributed by atoms with van der Waals surface area (Å²) in [6.07, 6.45) is 3.78. The van der Waals surface area contributed by atoms with Gasteiger partial charge in [0.1, 0.15) is 0 Å². The molecule has 0 radical (unpaired) electrons. The number of aryl methyl sites for hydroxylation is 2. The second kappa shape index (κ2) is 7.22. The van der Waals surface area contributed by atoms with E-state index in [9.17, 15) is 4.79 Å². The Morgan fingerprint density at radius 1 is 1.50 bits per heavy atom. The maximum Gasteiger partial charge on any atom is 0.220 e. The maximum absolute atomic E-state index is 11.5. The van der Waals surface area contributed by atoms with Gasteiger partial charge in [0, 0.05) is 25.6 Å². The highest BCUT2D eigenvalue weighted by Gasteiger charge is 2.22. The van der Waals surface area contributed by atoms with E-state index in [-0.39, 0.29) is 5.91 Å². The summed E-state index contributed by atoms with van der Waals surface area (Å²) in [5, 5.41) is 10.8. The summed E-state index contributed by atoms with van der Waals surface area (Å²) in [5.41, 5.74) is 2.19. The van der Waals surface area contributed by atoms with Crippen LogP contribution < -0.4 is 10.6 Å². The Labute approximate surface area is 128 Å². The molecule has 5 nitrogen and oxygen atoms in total. The van der Waals surface area contributed by atoms with Gasteiger partial charge in [-0.15, -0.1) is 0 Å². The van der Waals surface area contributed by atoms with E-state index < -0.39 is 0 Å². The third-order valence-electron chi connectivity index (χ3n) is 3.45. The zero-order valence-corrected chi connectivity index (χ0v) is 13.8. The van der Waals surface area contributed by atoms with Crippen LogP contribution in [0.1, 0.15) is 44.0 Å². The SMILES string of the molecule is CCn1nc(C)c(Br)c1CNCCCC(=O)NC1CC1. The molecule has 2 rings (SSSR count). The van der Waals surface area contributed by atoms with Crippen LogP contribution in [0.2, 0.25) is 0 Å². The zero-order chi connectivity index (χ0) is 14.5. The highest BCUT2D eigenvalue weighted by atomic mass is 79.9. The number of rotatable bonds is 8. The van der Waals surface area contributed by atoms with E-state index in [1.165, 1.54) is 5.69 Å². The number of hydrogen-bond donors (Lipinski definition) is 2. The molecule has 112 valence electrons. The average Bonchev–Trinajstić information content (AvgIpc) is 3.18. The van der Waals surface area contributed by atoms with Gasteiger partial charge in [-0.1, -0.05) is 0 Å². The molecule has 1 saturated carbocycles. The van der Waals surface area contributed by atoms with Gasteiger partial charge in [0.15, 0.2) is 0 Å². The third kappa shape index (κ3) is 4.31. The van der Waals surface area contributed by atoms with E-state index in [1.807, 2.05) is 11.6 Å². The van der Waals surface area contributed by atoms with Crippen molar-refractivity contribution in [2.75, 3.05) is 6.54 Å². The third-order valence-corrected chi connectivity index (χ3v) is 4.48. The minimum absolute atomic E-state index is 0.185. The summed E-state index contributed by atoms with van der Waals surface area (Å²) in [6, 6.07) is 0.466. The number of amides is 1. The minimum atomic E-state index is 0.185. The van der Waals surface area contributed by atoms with Crippen LogP contribution >= 0.6 is 15.9 Å². The maximum atomic E-state index is 11.5. The van der Waals surface area contributed by atoms with E-state index in [2.05, 4.69) is 38.6 Å². The molecule has 1 heterocycles. The molecule has 0 spiro atoms. The predicted octanol–water partition coefficient (Wildman–Crippen LogP) is 2.12. The summed E-state index contributed by atoms with van der Waals surface area (Å²) < 4.78 is 3.09. The topological polar surface area (TPSA) is 59.0 Å². The minimum Gasteiger partial charge on any atom is -0.353 e. The molecule has 0 aromatic carbocycles. The zero-order valence-electron chi connectivity index (χ0n) is 12.2. The first-order valence-electron chi connectivity index (χ1n) is 7.33. The second-order valence-electron chi connectivity index (χ2n) is 5.28. The first-order chi connectivity index (χ1) is 9.61. The van der Waals surface area contributed by atoms with Crippen LogP contribution in [0.15, 0.2) is 4.47 Å². The number of carbonyl (C=O) groups excluding carboxylic acids is 1. The molecule has 0 saturated heterocycles. The lowest BCUT2D eigenvalue weighted by atomic mass is 10.3. The monoisotopic (exact) mass is 342 g/mol. The summed E-state index contributed by atoms with van der Waals surface area (Å²) >= 11 is 3.58. The number of carbonyl (C=O) groups is 1. The summed E-state index contributed by atoms with van der Waals surface area (Å²) in [6.45, 7) is 6.58. The molecule has 1 amide bonds. The van der Waals surface area contributed by atoms with E-state index in [0.717, 1.165) is 49.1 Å². The van der Waals surface area contributed by atoms with Gasteiger partial charge in [-0.05, 0) is 55.6 Å². The average molecular weight is 343 g/mol. The molecule has 0 bridgehead atoms. The fourth-order valence-corrected chi connectivity index (χ4v) is 2.57. The summed E-state index contributed by atoms with van der Waals surface area (Å²) in [7, 11) is 0. The van der Waals surface area contributed by atoms with Gasteiger partial charge < -0.3 is 10.6 Å². The highest BCUT2D eigenvalue weighted by Crippen LogP contribution is 2.21. The number of halogens is 1. The first-order valence-corrected chi connectivity index (χ1v) is 8.13. The smallest absolute Gasteiger partial charge is 0.220 e. The van der Waals surface area contributed by atoms with E-state index >= 15 is 0 Å². The van der Waals surface area contributed by atoms with E-state index in [1.54, 1.807) is 0 Å². The molecule has 20 heavy (non-hydrogen) atoms. The Bertz CT molecular complexity index is 468. The molecule has 0 aliphatic heterocycles. The predicted molar refractivity (Wildman–Crippen MR) is 82.4 cm³/mol.